The predicted octanol–water partition coefficient (Wildman–Crippen LogP) is 1.54. The van der Waals surface area contributed by atoms with Gasteiger partial charge in [-0.25, -0.2) is 22.2 Å². The molecule has 13 heteroatoms. The molecule has 1 heterocycles. The van der Waals surface area contributed by atoms with E-state index in [9.17, 15) is 25.6 Å². The van der Waals surface area contributed by atoms with E-state index in [2.05, 4.69) is 10.1 Å². The molecule has 0 amide bonds. The number of rotatable bonds is 8. The highest BCUT2D eigenvalue weighted by molar-refractivity contribution is 7.89. The maximum atomic E-state index is 13.2. The van der Waals surface area contributed by atoms with Crippen LogP contribution in [0.25, 0.3) is 10.8 Å². The monoisotopic (exact) mass is 459 g/mol. The summed E-state index contributed by atoms with van der Waals surface area (Å²) < 4.78 is 78.3. The summed E-state index contributed by atoms with van der Waals surface area (Å²) in [4.78, 5) is 3.54. The van der Waals surface area contributed by atoms with Crippen LogP contribution in [-0.2, 0) is 26.8 Å². The summed E-state index contributed by atoms with van der Waals surface area (Å²) in [5, 5.41) is 4.16. The lowest BCUT2D eigenvalue weighted by Gasteiger charge is -2.21. The van der Waals surface area contributed by atoms with Gasteiger partial charge in [-0.2, -0.15) is 17.0 Å². The molecule has 0 N–H and O–H groups in total. The van der Waals surface area contributed by atoms with Gasteiger partial charge in [-0.1, -0.05) is 42.5 Å². The Balaban J connectivity index is 2.02. The Morgan fingerprint density at radius 2 is 1.70 bits per heavy atom. The largest absolute Gasteiger partial charge is 0.323 e. The van der Waals surface area contributed by atoms with Gasteiger partial charge in [-0.05, 0) is 16.3 Å². The van der Waals surface area contributed by atoms with Crippen molar-refractivity contribution < 1.29 is 25.6 Å². The number of benzene rings is 2. The first-order valence-corrected chi connectivity index (χ1v) is 11.5. The number of nitrogens with zero attached hydrogens (tertiary/aromatic N) is 5. The third-order valence-electron chi connectivity index (χ3n) is 4.29. The summed E-state index contributed by atoms with van der Waals surface area (Å²) in [6, 6.07) is 12.3. The van der Waals surface area contributed by atoms with Crippen molar-refractivity contribution in [1.29, 1.82) is 0 Å². The minimum absolute atomic E-state index is 0.358. The van der Waals surface area contributed by atoms with Crippen molar-refractivity contribution in [3.8, 4) is 0 Å². The molecule has 0 radical (unpaired) electrons. The molecule has 3 aromatic rings. The summed E-state index contributed by atoms with van der Waals surface area (Å²) >= 11 is 0. The van der Waals surface area contributed by atoms with Gasteiger partial charge in [-0.3, -0.25) is 0 Å². The van der Waals surface area contributed by atoms with E-state index < -0.39 is 38.4 Å². The summed E-state index contributed by atoms with van der Waals surface area (Å²) in [6.45, 7) is -1.45. The Morgan fingerprint density at radius 1 is 1.03 bits per heavy atom. The lowest BCUT2D eigenvalue weighted by atomic mass is 10.0. The first-order chi connectivity index (χ1) is 14.0. The Bertz CT molecular complexity index is 1250. The molecule has 3 rings (SSSR count). The molecule has 1 aromatic heterocycles. The molecule has 0 aliphatic heterocycles. The molecule has 0 unspecified atom stereocenters. The van der Waals surface area contributed by atoms with Crippen molar-refractivity contribution in [2.24, 2.45) is 0 Å². The molecular weight excluding hydrogens is 440 g/mol. The zero-order valence-electron chi connectivity index (χ0n) is 16.1. The highest BCUT2D eigenvalue weighted by atomic mass is 32.2. The van der Waals surface area contributed by atoms with Gasteiger partial charge in [0.1, 0.15) is 6.33 Å². The molecule has 0 spiro atoms. The van der Waals surface area contributed by atoms with Crippen molar-refractivity contribution in [3.63, 3.8) is 0 Å². The van der Waals surface area contributed by atoms with E-state index in [-0.39, 0.29) is 6.54 Å². The molecule has 0 fully saturated rings. The van der Waals surface area contributed by atoms with Crippen LogP contribution in [0.5, 0.6) is 0 Å². The summed E-state index contributed by atoms with van der Waals surface area (Å²) in [5.74, 6) is 0. The van der Waals surface area contributed by atoms with Crippen molar-refractivity contribution in [2.75, 3.05) is 20.6 Å². The van der Waals surface area contributed by atoms with Crippen LogP contribution in [0, 0.1) is 0 Å². The van der Waals surface area contributed by atoms with Gasteiger partial charge in [0, 0.05) is 20.6 Å². The highest BCUT2D eigenvalue weighted by Crippen LogP contribution is 2.23. The summed E-state index contributed by atoms with van der Waals surface area (Å²) in [6.07, 6.45) is -2.25. The van der Waals surface area contributed by atoms with E-state index in [4.69, 9.17) is 0 Å². The molecule has 0 bridgehead atoms. The third kappa shape index (κ3) is 4.33. The minimum Gasteiger partial charge on any atom is -0.209 e. The third-order valence-corrected chi connectivity index (χ3v) is 7.47. The number of sulfonamides is 1. The second-order valence-corrected chi connectivity index (χ2v) is 10.3. The van der Waals surface area contributed by atoms with E-state index >= 15 is 0 Å². The first kappa shape index (κ1) is 22.2. The van der Waals surface area contributed by atoms with Gasteiger partial charge in [0.25, 0.3) is 21.6 Å². The number of halogens is 2. The number of fused-ring (bicyclic) bond motifs is 1. The molecular formula is C17H19F2N5O4S2. The van der Waals surface area contributed by atoms with Gasteiger partial charge >= 0.3 is 10.2 Å². The Labute approximate surface area is 172 Å². The molecule has 9 nitrogen and oxygen atoms in total. The van der Waals surface area contributed by atoms with Crippen molar-refractivity contribution in [3.05, 3.63) is 54.4 Å². The molecule has 30 heavy (non-hydrogen) atoms. The quantitative estimate of drug-likeness (QED) is 0.506. The smallest absolute Gasteiger partial charge is 0.209 e. The average molecular weight is 460 g/mol. The van der Waals surface area contributed by atoms with Gasteiger partial charge < -0.3 is 0 Å². The lowest BCUT2D eigenvalue weighted by Crippen LogP contribution is -2.35. The molecule has 0 atom stereocenters. The molecule has 0 aliphatic carbocycles. The fourth-order valence-electron chi connectivity index (χ4n) is 2.77. The van der Waals surface area contributed by atoms with Gasteiger partial charge in [0.2, 0.25) is 0 Å². The van der Waals surface area contributed by atoms with Crippen LogP contribution in [0.2, 0.25) is 0 Å². The summed E-state index contributed by atoms with van der Waals surface area (Å²) in [7, 11) is -6.25. The number of hydrogen-bond acceptors (Lipinski definition) is 6. The minimum atomic E-state index is -4.60. The standard InChI is InChI=1S/C17H19F2N5O4S2/c1-22(2)30(27,28)24-12-20-17(21-24)29(25,26)23(11-16(18)19)10-14-8-5-7-13-6-3-4-9-15(13)14/h3-9,12,16H,10-11H2,1-2H3. The zero-order valence-corrected chi connectivity index (χ0v) is 17.7. The fourth-order valence-corrected chi connectivity index (χ4v) is 4.72. The van der Waals surface area contributed by atoms with Crippen LogP contribution in [0.1, 0.15) is 5.56 Å². The topological polar surface area (TPSA) is 105 Å². The van der Waals surface area contributed by atoms with Gasteiger partial charge in [-0.15, -0.1) is 9.19 Å². The normalized spacial score (nSPS) is 13.0. The van der Waals surface area contributed by atoms with E-state index in [0.29, 0.717) is 25.7 Å². The van der Waals surface area contributed by atoms with E-state index in [1.54, 1.807) is 24.3 Å². The second kappa shape index (κ2) is 8.34. The van der Waals surface area contributed by atoms with E-state index in [0.717, 1.165) is 9.69 Å². The maximum Gasteiger partial charge on any atom is 0.323 e. The van der Waals surface area contributed by atoms with Gasteiger partial charge in [0.05, 0.1) is 6.54 Å². The second-order valence-electron chi connectivity index (χ2n) is 6.52. The Morgan fingerprint density at radius 3 is 2.37 bits per heavy atom. The molecule has 2 aromatic carbocycles. The Hall–Kier alpha value is -2.48. The van der Waals surface area contributed by atoms with Gasteiger partial charge in [0.15, 0.2) is 0 Å². The van der Waals surface area contributed by atoms with Crippen LogP contribution in [0.15, 0.2) is 53.9 Å². The maximum absolute atomic E-state index is 13.2. The zero-order chi connectivity index (χ0) is 22.1. The van der Waals surface area contributed by atoms with Crippen molar-refractivity contribution >= 4 is 31.0 Å². The lowest BCUT2D eigenvalue weighted by molar-refractivity contribution is 0.118. The predicted molar refractivity (Wildman–Crippen MR) is 106 cm³/mol. The first-order valence-electron chi connectivity index (χ1n) is 8.63. The van der Waals surface area contributed by atoms with Crippen molar-refractivity contribution in [1.82, 2.24) is 22.8 Å². The molecule has 0 saturated carbocycles. The number of aromatic nitrogens is 3. The summed E-state index contributed by atoms with van der Waals surface area (Å²) in [5.41, 5.74) is 0.512. The van der Waals surface area contributed by atoms with Crippen molar-refractivity contribution in [2.45, 2.75) is 18.1 Å². The van der Waals surface area contributed by atoms with Crippen LogP contribution >= 0.6 is 0 Å². The van der Waals surface area contributed by atoms with E-state index in [1.807, 2.05) is 18.2 Å². The van der Waals surface area contributed by atoms with Crippen LogP contribution in [-0.4, -0.2) is 66.7 Å². The molecule has 162 valence electrons. The van der Waals surface area contributed by atoms with Crippen LogP contribution in [0.3, 0.4) is 0 Å². The average Bonchev–Trinajstić information content (AvgIpc) is 3.19. The van der Waals surface area contributed by atoms with Crippen LogP contribution < -0.4 is 0 Å². The molecule has 0 aliphatic rings. The molecule has 0 saturated heterocycles. The van der Waals surface area contributed by atoms with E-state index in [1.165, 1.54) is 14.1 Å². The Kier molecular flexibility index (Phi) is 6.17. The fraction of sp³-hybridized carbons (Fsp3) is 0.294. The number of hydrogen-bond donors (Lipinski definition) is 0. The highest BCUT2D eigenvalue weighted by Gasteiger charge is 2.32. The number of alkyl halides is 2. The van der Waals surface area contributed by atoms with Crippen LogP contribution in [0.4, 0.5) is 8.78 Å². The SMILES string of the molecule is CN(C)S(=O)(=O)n1cnc(S(=O)(=O)N(Cc2cccc3ccccc23)CC(F)F)n1.